The van der Waals surface area contributed by atoms with Crippen LogP contribution in [0.15, 0.2) is 12.7 Å². The van der Waals surface area contributed by atoms with E-state index in [4.69, 9.17) is 0 Å². The van der Waals surface area contributed by atoms with E-state index in [1.165, 1.54) is 0 Å². The molecule has 1 atom stereocenters. The molecule has 4 heteroatoms. The maximum atomic E-state index is 11.7. The van der Waals surface area contributed by atoms with Crippen LogP contribution < -0.4 is 0 Å². The molecular weight excluding hydrogens is 214 g/mol. The van der Waals surface area contributed by atoms with Crippen LogP contribution in [0.25, 0.3) is 0 Å². The number of likely N-dealkylation sites (N-methyl/N-ethyl adjacent to an activating group) is 1. The van der Waals surface area contributed by atoms with Crippen molar-refractivity contribution in [3.8, 4) is 0 Å². The highest BCUT2D eigenvalue weighted by Crippen LogP contribution is 2.18. The molecule has 2 saturated heterocycles. The molecule has 17 heavy (non-hydrogen) atoms. The number of hydrogen-bond donors (Lipinski definition) is 0. The molecule has 1 amide bonds. The Morgan fingerprint density at radius 1 is 1.29 bits per heavy atom. The normalized spacial score (nSPS) is 27.7. The van der Waals surface area contributed by atoms with Gasteiger partial charge in [0.05, 0.1) is 0 Å². The molecule has 96 valence electrons. The van der Waals surface area contributed by atoms with Gasteiger partial charge < -0.3 is 9.80 Å². The summed E-state index contributed by atoms with van der Waals surface area (Å²) in [5.74, 6) is 0.666. The molecule has 0 bridgehead atoms. The lowest BCUT2D eigenvalue weighted by Gasteiger charge is -2.33. The summed E-state index contributed by atoms with van der Waals surface area (Å²) in [6.45, 7) is 11.1. The third-order valence-electron chi connectivity index (χ3n) is 3.86. The smallest absolute Gasteiger partial charge is 0.223 e. The largest absolute Gasteiger partial charge is 0.341 e. The molecule has 4 nitrogen and oxygen atoms in total. The summed E-state index contributed by atoms with van der Waals surface area (Å²) < 4.78 is 0. The standard InChI is InChI=1S/C13H23N3O/c1-3-12-10-13(17)16(11-12)9-8-15-6-4-14(2)5-7-15/h3,12H,1,4-11H2,2H3. The van der Waals surface area contributed by atoms with Gasteiger partial charge in [-0.1, -0.05) is 6.08 Å². The molecule has 2 aliphatic rings. The predicted molar refractivity (Wildman–Crippen MR) is 68.8 cm³/mol. The fourth-order valence-electron chi connectivity index (χ4n) is 2.51. The summed E-state index contributed by atoms with van der Waals surface area (Å²) >= 11 is 0. The predicted octanol–water partition coefficient (Wildman–Crippen LogP) is 0.268. The average Bonchev–Trinajstić information content (AvgIpc) is 2.69. The number of hydrogen-bond acceptors (Lipinski definition) is 3. The van der Waals surface area contributed by atoms with Crippen LogP contribution in [0.3, 0.4) is 0 Å². The van der Waals surface area contributed by atoms with Gasteiger partial charge in [0.2, 0.25) is 5.91 Å². The molecule has 2 rings (SSSR count). The van der Waals surface area contributed by atoms with Crippen LogP contribution in [0.5, 0.6) is 0 Å². The summed E-state index contributed by atoms with van der Waals surface area (Å²) in [5, 5.41) is 0. The van der Waals surface area contributed by atoms with Crippen LogP contribution >= 0.6 is 0 Å². The first-order chi connectivity index (χ1) is 8.19. The molecule has 0 radical (unpaired) electrons. The summed E-state index contributed by atoms with van der Waals surface area (Å²) in [6.07, 6.45) is 2.57. The van der Waals surface area contributed by atoms with Crippen LogP contribution in [0.2, 0.25) is 0 Å². The second-order valence-corrected chi connectivity index (χ2v) is 5.18. The minimum atomic E-state index is 0.295. The van der Waals surface area contributed by atoms with Gasteiger partial charge in [0, 0.05) is 58.2 Å². The Balaban J connectivity index is 1.71. The van der Waals surface area contributed by atoms with Crippen molar-refractivity contribution in [2.45, 2.75) is 6.42 Å². The zero-order valence-electron chi connectivity index (χ0n) is 10.8. The molecule has 0 aromatic carbocycles. The van der Waals surface area contributed by atoms with E-state index in [1.807, 2.05) is 11.0 Å². The molecule has 2 aliphatic heterocycles. The molecule has 0 aliphatic carbocycles. The summed E-state index contributed by atoms with van der Waals surface area (Å²) in [6, 6.07) is 0. The molecule has 1 unspecified atom stereocenters. The van der Waals surface area contributed by atoms with Crippen LogP contribution in [0.1, 0.15) is 6.42 Å². The third-order valence-corrected chi connectivity index (χ3v) is 3.86. The van der Waals surface area contributed by atoms with Gasteiger partial charge in [0.25, 0.3) is 0 Å². The topological polar surface area (TPSA) is 26.8 Å². The van der Waals surface area contributed by atoms with Gasteiger partial charge in [-0.25, -0.2) is 0 Å². The molecule has 0 aromatic rings. The van der Waals surface area contributed by atoms with Crippen molar-refractivity contribution in [1.82, 2.24) is 14.7 Å². The van der Waals surface area contributed by atoms with Crippen LogP contribution in [0.4, 0.5) is 0 Å². The molecule has 2 fully saturated rings. The number of nitrogens with zero attached hydrogens (tertiary/aromatic N) is 3. The van der Waals surface area contributed by atoms with Crippen molar-refractivity contribution in [2.75, 3.05) is 52.9 Å². The van der Waals surface area contributed by atoms with Gasteiger partial charge in [0.1, 0.15) is 0 Å². The van der Waals surface area contributed by atoms with Crippen LogP contribution in [-0.4, -0.2) is 73.5 Å². The number of carbonyl (C=O) groups excluding carboxylic acids is 1. The van der Waals surface area contributed by atoms with Gasteiger partial charge in [0.15, 0.2) is 0 Å². The Labute approximate surface area is 104 Å². The molecule has 0 spiro atoms. The van der Waals surface area contributed by atoms with E-state index in [0.29, 0.717) is 18.2 Å². The summed E-state index contributed by atoms with van der Waals surface area (Å²) in [4.78, 5) is 18.5. The Hall–Kier alpha value is -0.870. The van der Waals surface area contributed by atoms with Crippen molar-refractivity contribution >= 4 is 5.91 Å². The molecule has 0 aromatic heterocycles. The van der Waals surface area contributed by atoms with Gasteiger partial charge in [-0.3, -0.25) is 9.69 Å². The minimum absolute atomic E-state index is 0.295. The summed E-state index contributed by atoms with van der Waals surface area (Å²) in [5.41, 5.74) is 0. The zero-order chi connectivity index (χ0) is 12.3. The third kappa shape index (κ3) is 3.30. The van der Waals surface area contributed by atoms with Crippen molar-refractivity contribution in [3.63, 3.8) is 0 Å². The fourth-order valence-corrected chi connectivity index (χ4v) is 2.51. The Morgan fingerprint density at radius 3 is 2.59 bits per heavy atom. The number of likely N-dealkylation sites (tertiary alicyclic amines) is 1. The average molecular weight is 237 g/mol. The molecular formula is C13H23N3O. The quantitative estimate of drug-likeness (QED) is 0.657. The van der Waals surface area contributed by atoms with Crippen molar-refractivity contribution < 1.29 is 4.79 Å². The van der Waals surface area contributed by atoms with Crippen molar-refractivity contribution in [2.24, 2.45) is 5.92 Å². The van der Waals surface area contributed by atoms with Crippen molar-refractivity contribution in [3.05, 3.63) is 12.7 Å². The summed E-state index contributed by atoms with van der Waals surface area (Å²) in [7, 11) is 2.16. The maximum absolute atomic E-state index is 11.7. The SMILES string of the molecule is C=CC1CC(=O)N(CCN2CCN(C)CC2)C1. The first kappa shape index (κ1) is 12.6. The van der Waals surface area contributed by atoms with Crippen LogP contribution in [-0.2, 0) is 4.79 Å². The first-order valence-corrected chi connectivity index (χ1v) is 6.50. The molecule has 2 heterocycles. The Kier molecular flexibility index (Phi) is 4.18. The molecule has 0 N–H and O–H groups in total. The monoisotopic (exact) mass is 237 g/mol. The van der Waals surface area contributed by atoms with E-state index in [-0.39, 0.29) is 0 Å². The number of piperazine rings is 1. The number of carbonyl (C=O) groups is 1. The van der Waals surface area contributed by atoms with Gasteiger partial charge in [-0.05, 0) is 7.05 Å². The van der Waals surface area contributed by atoms with Crippen LogP contribution in [0, 0.1) is 5.92 Å². The zero-order valence-corrected chi connectivity index (χ0v) is 10.8. The Bertz CT molecular complexity index is 284. The van der Waals surface area contributed by atoms with Crippen molar-refractivity contribution in [1.29, 1.82) is 0 Å². The second kappa shape index (κ2) is 5.65. The number of amides is 1. The van der Waals surface area contributed by atoms with Gasteiger partial charge in [-0.2, -0.15) is 0 Å². The van der Waals surface area contributed by atoms with E-state index in [0.717, 1.165) is 45.8 Å². The lowest BCUT2D eigenvalue weighted by atomic mass is 10.1. The van der Waals surface area contributed by atoms with E-state index in [9.17, 15) is 4.79 Å². The maximum Gasteiger partial charge on any atom is 0.223 e. The van der Waals surface area contributed by atoms with Gasteiger partial charge in [-0.15, -0.1) is 6.58 Å². The first-order valence-electron chi connectivity index (χ1n) is 6.50. The lowest BCUT2D eigenvalue weighted by Crippen LogP contribution is -2.47. The van der Waals surface area contributed by atoms with E-state index in [1.54, 1.807) is 0 Å². The highest BCUT2D eigenvalue weighted by Gasteiger charge is 2.27. The second-order valence-electron chi connectivity index (χ2n) is 5.18. The fraction of sp³-hybridized carbons (Fsp3) is 0.769. The van der Waals surface area contributed by atoms with E-state index >= 15 is 0 Å². The van der Waals surface area contributed by atoms with E-state index < -0.39 is 0 Å². The van der Waals surface area contributed by atoms with Gasteiger partial charge >= 0.3 is 0 Å². The highest BCUT2D eigenvalue weighted by molar-refractivity contribution is 5.78. The number of rotatable bonds is 4. The highest BCUT2D eigenvalue weighted by atomic mass is 16.2. The lowest BCUT2D eigenvalue weighted by molar-refractivity contribution is -0.127. The Morgan fingerprint density at radius 2 is 2.00 bits per heavy atom. The minimum Gasteiger partial charge on any atom is -0.341 e. The van der Waals surface area contributed by atoms with E-state index in [2.05, 4.69) is 23.4 Å². The molecule has 0 saturated carbocycles.